The van der Waals surface area contributed by atoms with Crippen LogP contribution in [0.1, 0.15) is 18.4 Å². The summed E-state index contributed by atoms with van der Waals surface area (Å²) in [5.41, 5.74) is 5.90. The molecule has 114 valence electrons. The molecule has 6 nitrogen and oxygen atoms in total. The van der Waals surface area contributed by atoms with Crippen molar-refractivity contribution in [2.45, 2.75) is 25.3 Å². The summed E-state index contributed by atoms with van der Waals surface area (Å²) in [6, 6.07) is 3.86. The first-order valence-electron chi connectivity index (χ1n) is 6.04. The lowest BCUT2D eigenvalue weighted by molar-refractivity contribution is -0.139. The fourth-order valence-electron chi connectivity index (χ4n) is 1.61. The quantitative estimate of drug-likeness (QED) is 0.700. The summed E-state index contributed by atoms with van der Waals surface area (Å²) in [6.07, 6.45) is -0.393. The molecular weight excluding hydrogens is 319 g/mol. The Morgan fingerprint density at radius 1 is 1.19 bits per heavy atom. The van der Waals surface area contributed by atoms with Gasteiger partial charge in [0.1, 0.15) is 6.04 Å². The fraction of sp³-hybridized carbons (Fsp3) is 0.308. The molecule has 8 heteroatoms. The number of carboxylic acid groups (broad SMARTS) is 1. The van der Waals surface area contributed by atoms with Crippen LogP contribution in [0.3, 0.4) is 0 Å². The van der Waals surface area contributed by atoms with Gasteiger partial charge in [-0.3, -0.25) is 14.4 Å². The van der Waals surface area contributed by atoms with Crippen LogP contribution in [0.2, 0.25) is 10.0 Å². The second-order valence-electron chi connectivity index (χ2n) is 4.37. The molecule has 0 bridgehead atoms. The van der Waals surface area contributed by atoms with Gasteiger partial charge in [-0.2, -0.15) is 0 Å². The number of rotatable bonds is 7. The molecule has 1 rings (SSSR count). The maximum atomic E-state index is 11.5. The van der Waals surface area contributed by atoms with Crippen LogP contribution in [0, 0.1) is 0 Å². The highest BCUT2D eigenvalue weighted by molar-refractivity contribution is 6.42. The van der Waals surface area contributed by atoms with Crippen LogP contribution in [0.15, 0.2) is 18.2 Å². The van der Waals surface area contributed by atoms with Crippen LogP contribution >= 0.6 is 23.2 Å². The molecule has 0 aliphatic heterocycles. The normalized spacial score (nSPS) is 11.7. The van der Waals surface area contributed by atoms with E-state index in [2.05, 4.69) is 5.32 Å². The molecule has 1 atom stereocenters. The van der Waals surface area contributed by atoms with Crippen LogP contribution in [-0.4, -0.2) is 28.9 Å². The van der Waals surface area contributed by atoms with Gasteiger partial charge in [-0.25, -0.2) is 0 Å². The zero-order valence-corrected chi connectivity index (χ0v) is 12.4. The largest absolute Gasteiger partial charge is 0.481 e. The zero-order valence-electron chi connectivity index (χ0n) is 10.9. The maximum Gasteiger partial charge on any atom is 0.303 e. The van der Waals surface area contributed by atoms with Crippen LogP contribution in [0.4, 0.5) is 0 Å². The first kappa shape index (κ1) is 17.3. The predicted molar refractivity (Wildman–Crippen MR) is 78.2 cm³/mol. The second-order valence-corrected chi connectivity index (χ2v) is 5.18. The molecule has 2 amide bonds. The number of hydrogen-bond acceptors (Lipinski definition) is 3. The molecule has 0 radical (unpaired) electrons. The molecule has 4 N–H and O–H groups in total. The van der Waals surface area contributed by atoms with E-state index in [1.165, 1.54) is 0 Å². The van der Waals surface area contributed by atoms with Crippen molar-refractivity contribution in [3.63, 3.8) is 0 Å². The molecule has 0 aliphatic carbocycles. The Kier molecular flexibility index (Phi) is 6.45. The van der Waals surface area contributed by atoms with E-state index in [1.807, 2.05) is 0 Å². The number of carbonyl (C=O) groups is 3. The number of benzene rings is 1. The molecule has 0 aliphatic rings. The number of carboxylic acids is 1. The number of amides is 2. The minimum absolute atomic E-state index is 0.144. The summed E-state index contributed by atoms with van der Waals surface area (Å²) in [5.74, 6) is -2.36. The third-order valence-corrected chi connectivity index (χ3v) is 3.41. The smallest absolute Gasteiger partial charge is 0.303 e. The number of nitrogens with one attached hydrogen (secondary N) is 1. The number of hydrogen-bond donors (Lipinski definition) is 3. The monoisotopic (exact) mass is 332 g/mol. The number of primary amides is 1. The Morgan fingerprint density at radius 3 is 2.38 bits per heavy atom. The van der Waals surface area contributed by atoms with E-state index < -0.39 is 23.8 Å². The first-order valence-corrected chi connectivity index (χ1v) is 6.79. The van der Waals surface area contributed by atoms with Gasteiger partial charge in [-0.15, -0.1) is 0 Å². The van der Waals surface area contributed by atoms with Crippen molar-refractivity contribution in [2.24, 2.45) is 5.73 Å². The molecule has 0 unspecified atom stereocenters. The van der Waals surface area contributed by atoms with Gasteiger partial charge in [0.2, 0.25) is 11.8 Å². The summed E-state index contributed by atoms with van der Waals surface area (Å²) in [4.78, 5) is 33.3. The molecule has 0 saturated carbocycles. The topological polar surface area (TPSA) is 109 Å². The molecule has 1 aromatic rings. The van der Waals surface area contributed by atoms with Crippen molar-refractivity contribution < 1.29 is 19.5 Å². The van der Waals surface area contributed by atoms with Crippen LogP contribution in [-0.2, 0) is 20.8 Å². The molecular formula is C13H14Cl2N2O4. The lowest BCUT2D eigenvalue weighted by Gasteiger charge is -2.15. The van der Waals surface area contributed by atoms with E-state index in [0.717, 1.165) is 0 Å². The zero-order chi connectivity index (χ0) is 16.0. The molecule has 0 fully saturated rings. The predicted octanol–water partition coefficient (Wildman–Crippen LogP) is 1.37. The lowest BCUT2D eigenvalue weighted by Crippen LogP contribution is -2.45. The van der Waals surface area contributed by atoms with Gasteiger partial charge in [-0.05, 0) is 17.7 Å². The van der Waals surface area contributed by atoms with E-state index in [4.69, 9.17) is 34.0 Å². The fourth-order valence-corrected chi connectivity index (χ4v) is 1.93. The van der Waals surface area contributed by atoms with Crippen molar-refractivity contribution in [3.8, 4) is 0 Å². The Bertz CT molecular complexity index is 563. The van der Waals surface area contributed by atoms with Crippen molar-refractivity contribution in [1.82, 2.24) is 5.32 Å². The molecule has 0 saturated heterocycles. The van der Waals surface area contributed by atoms with Crippen molar-refractivity contribution >= 4 is 41.0 Å². The molecule has 0 heterocycles. The molecule has 0 aromatic heterocycles. The minimum atomic E-state index is -1.09. The standard InChI is InChI=1S/C13H14Cl2N2O4/c14-8-2-1-7(5-9(8)15)6-10(13(16)21)17-11(18)3-4-12(19)20/h1-2,5,10H,3-4,6H2,(H2,16,21)(H,17,18)(H,19,20)/t10-/m0/s1. The number of halogens is 2. The van der Waals surface area contributed by atoms with Crippen LogP contribution in [0.25, 0.3) is 0 Å². The number of carbonyl (C=O) groups excluding carboxylic acids is 2. The summed E-state index contributed by atoms with van der Waals surface area (Å²) in [6.45, 7) is 0. The lowest BCUT2D eigenvalue weighted by atomic mass is 10.1. The van der Waals surface area contributed by atoms with Gasteiger partial charge >= 0.3 is 5.97 Å². The van der Waals surface area contributed by atoms with Gasteiger partial charge in [0.05, 0.1) is 16.5 Å². The maximum absolute atomic E-state index is 11.5. The average Bonchev–Trinajstić information content (AvgIpc) is 2.39. The first-order chi connectivity index (χ1) is 9.79. The summed E-state index contributed by atoms with van der Waals surface area (Å²) in [7, 11) is 0. The molecule has 0 spiro atoms. The highest BCUT2D eigenvalue weighted by Gasteiger charge is 2.19. The van der Waals surface area contributed by atoms with Gasteiger partial charge in [-0.1, -0.05) is 29.3 Å². The number of aliphatic carboxylic acids is 1. The Hall–Kier alpha value is -1.79. The van der Waals surface area contributed by atoms with Crippen LogP contribution < -0.4 is 11.1 Å². The van der Waals surface area contributed by atoms with Crippen molar-refractivity contribution in [1.29, 1.82) is 0 Å². The van der Waals surface area contributed by atoms with E-state index >= 15 is 0 Å². The Morgan fingerprint density at radius 2 is 1.86 bits per heavy atom. The summed E-state index contributed by atoms with van der Waals surface area (Å²) < 4.78 is 0. The summed E-state index contributed by atoms with van der Waals surface area (Å²) >= 11 is 11.7. The van der Waals surface area contributed by atoms with Gasteiger partial charge in [0.15, 0.2) is 0 Å². The highest BCUT2D eigenvalue weighted by atomic mass is 35.5. The van der Waals surface area contributed by atoms with E-state index in [9.17, 15) is 14.4 Å². The van der Waals surface area contributed by atoms with Gasteiger partial charge in [0.25, 0.3) is 0 Å². The molecule has 21 heavy (non-hydrogen) atoms. The minimum Gasteiger partial charge on any atom is -0.481 e. The molecule has 1 aromatic carbocycles. The second kappa shape index (κ2) is 7.85. The number of nitrogens with two attached hydrogens (primary N) is 1. The van der Waals surface area contributed by atoms with E-state index in [-0.39, 0.29) is 19.3 Å². The van der Waals surface area contributed by atoms with Crippen LogP contribution in [0.5, 0.6) is 0 Å². The summed E-state index contributed by atoms with van der Waals surface area (Å²) in [5, 5.41) is 11.6. The average molecular weight is 333 g/mol. The van der Waals surface area contributed by atoms with Crippen molar-refractivity contribution in [2.75, 3.05) is 0 Å². The van der Waals surface area contributed by atoms with Crippen molar-refractivity contribution in [3.05, 3.63) is 33.8 Å². The SMILES string of the molecule is NC(=O)[C@H](Cc1ccc(Cl)c(Cl)c1)NC(=O)CCC(=O)O. The highest BCUT2D eigenvalue weighted by Crippen LogP contribution is 2.23. The van der Waals surface area contributed by atoms with E-state index in [0.29, 0.717) is 15.6 Å². The third kappa shape index (κ3) is 6.01. The third-order valence-electron chi connectivity index (χ3n) is 2.67. The van der Waals surface area contributed by atoms with E-state index in [1.54, 1.807) is 18.2 Å². The Balaban J connectivity index is 2.69. The van der Waals surface area contributed by atoms with Gasteiger partial charge in [0, 0.05) is 12.8 Å². The van der Waals surface area contributed by atoms with Gasteiger partial charge < -0.3 is 16.2 Å². The Labute approximate surface area is 131 Å².